The van der Waals surface area contributed by atoms with Gasteiger partial charge in [0.1, 0.15) is 0 Å². The minimum absolute atomic E-state index is 0.191. The third-order valence-corrected chi connectivity index (χ3v) is 4.43. The number of nitrogens with zero attached hydrogens (tertiary/aromatic N) is 3. The number of anilines is 2. The van der Waals surface area contributed by atoms with Crippen LogP contribution in [0, 0.1) is 0 Å². The summed E-state index contributed by atoms with van der Waals surface area (Å²) in [6, 6.07) is 9.45. The molecular formula is C17H20BrN5O. The molecule has 3 rings (SSSR count). The lowest BCUT2D eigenvalue weighted by atomic mass is 10.0. The van der Waals surface area contributed by atoms with E-state index in [-0.39, 0.29) is 12.1 Å². The number of urea groups is 1. The monoisotopic (exact) mass is 389 g/mol. The van der Waals surface area contributed by atoms with Gasteiger partial charge in [0.15, 0.2) is 0 Å². The first-order valence-electron chi connectivity index (χ1n) is 8.06. The van der Waals surface area contributed by atoms with Gasteiger partial charge in [0.25, 0.3) is 0 Å². The molecule has 1 aromatic heterocycles. The van der Waals surface area contributed by atoms with Crippen molar-refractivity contribution in [3.05, 3.63) is 47.2 Å². The van der Waals surface area contributed by atoms with E-state index in [9.17, 15) is 4.79 Å². The van der Waals surface area contributed by atoms with Gasteiger partial charge in [-0.1, -0.05) is 18.2 Å². The molecule has 6 nitrogen and oxygen atoms in total. The Morgan fingerprint density at radius 1 is 1.21 bits per heavy atom. The van der Waals surface area contributed by atoms with Crippen LogP contribution in [0.4, 0.5) is 16.4 Å². The van der Waals surface area contributed by atoms with Crippen molar-refractivity contribution in [1.29, 1.82) is 0 Å². The first-order chi connectivity index (χ1) is 11.7. The Hall–Kier alpha value is -2.15. The molecule has 126 valence electrons. The second-order valence-corrected chi connectivity index (χ2v) is 6.66. The van der Waals surface area contributed by atoms with Crippen LogP contribution in [0.5, 0.6) is 0 Å². The van der Waals surface area contributed by atoms with Crippen LogP contribution in [-0.2, 0) is 0 Å². The molecule has 0 saturated carbocycles. The Labute approximate surface area is 149 Å². The summed E-state index contributed by atoms with van der Waals surface area (Å²) in [5.74, 6) is 0.716. The zero-order valence-electron chi connectivity index (χ0n) is 13.3. The molecule has 1 atom stereocenters. The van der Waals surface area contributed by atoms with Crippen LogP contribution in [0.1, 0.15) is 19.3 Å². The fourth-order valence-corrected chi connectivity index (χ4v) is 3.04. The molecule has 1 unspecified atom stereocenters. The standard InChI is InChI=1S/C17H20BrN5O/c18-13-10-19-16(20-11-13)23-9-5-4-8-15(23)12-21-17(24)22-14-6-2-1-3-7-14/h1-3,6-7,10-11,15H,4-5,8-9,12H2,(H2,21,22,24). The van der Waals surface area contributed by atoms with Crippen molar-refractivity contribution in [2.45, 2.75) is 25.3 Å². The van der Waals surface area contributed by atoms with Crippen molar-refractivity contribution in [1.82, 2.24) is 15.3 Å². The third kappa shape index (κ3) is 4.44. The van der Waals surface area contributed by atoms with Crippen LogP contribution in [0.2, 0.25) is 0 Å². The molecular weight excluding hydrogens is 370 g/mol. The number of hydrogen-bond donors (Lipinski definition) is 2. The quantitative estimate of drug-likeness (QED) is 0.840. The predicted octanol–water partition coefficient (Wildman–Crippen LogP) is 3.42. The van der Waals surface area contributed by atoms with E-state index in [4.69, 9.17) is 0 Å². The molecule has 2 amide bonds. The maximum absolute atomic E-state index is 12.1. The van der Waals surface area contributed by atoms with Crippen LogP contribution in [0.15, 0.2) is 47.2 Å². The molecule has 2 heterocycles. The number of halogens is 1. The summed E-state index contributed by atoms with van der Waals surface area (Å²) in [6.07, 6.45) is 6.80. The lowest BCUT2D eigenvalue weighted by Gasteiger charge is -2.35. The predicted molar refractivity (Wildman–Crippen MR) is 98.2 cm³/mol. The molecule has 1 aliphatic rings. The second-order valence-electron chi connectivity index (χ2n) is 5.75. The number of para-hydroxylation sites is 1. The Morgan fingerprint density at radius 3 is 2.71 bits per heavy atom. The molecule has 0 spiro atoms. The Balaban J connectivity index is 1.57. The van der Waals surface area contributed by atoms with E-state index in [0.29, 0.717) is 12.5 Å². The fourth-order valence-electron chi connectivity index (χ4n) is 2.84. The van der Waals surface area contributed by atoms with E-state index >= 15 is 0 Å². The van der Waals surface area contributed by atoms with Crippen LogP contribution in [0.25, 0.3) is 0 Å². The highest BCUT2D eigenvalue weighted by Gasteiger charge is 2.24. The van der Waals surface area contributed by atoms with Gasteiger partial charge in [-0.05, 0) is 47.3 Å². The van der Waals surface area contributed by atoms with Gasteiger partial charge >= 0.3 is 6.03 Å². The van der Waals surface area contributed by atoms with Gasteiger partial charge in [-0.3, -0.25) is 0 Å². The van der Waals surface area contributed by atoms with Crippen molar-refractivity contribution >= 4 is 33.6 Å². The number of carbonyl (C=O) groups is 1. The highest BCUT2D eigenvalue weighted by atomic mass is 79.9. The molecule has 1 aliphatic heterocycles. The number of aromatic nitrogens is 2. The van der Waals surface area contributed by atoms with E-state index < -0.39 is 0 Å². The summed E-state index contributed by atoms with van der Waals surface area (Å²) in [5, 5.41) is 5.79. The van der Waals surface area contributed by atoms with Crippen LogP contribution >= 0.6 is 15.9 Å². The first-order valence-corrected chi connectivity index (χ1v) is 8.86. The van der Waals surface area contributed by atoms with Crippen molar-refractivity contribution in [2.75, 3.05) is 23.3 Å². The lowest BCUT2D eigenvalue weighted by Crippen LogP contribution is -2.48. The molecule has 0 radical (unpaired) electrons. The minimum atomic E-state index is -0.191. The van der Waals surface area contributed by atoms with E-state index in [0.717, 1.165) is 36.0 Å². The second kappa shape index (κ2) is 8.10. The van der Waals surface area contributed by atoms with E-state index in [1.54, 1.807) is 12.4 Å². The number of nitrogens with one attached hydrogen (secondary N) is 2. The molecule has 24 heavy (non-hydrogen) atoms. The summed E-state index contributed by atoms with van der Waals surface area (Å²) in [4.78, 5) is 23.0. The van der Waals surface area contributed by atoms with Gasteiger partial charge in [-0.25, -0.2) is 14.8 Å². The number of carbonyl (C=O) groups excluding carboxylic acids is 1. The van der Waals surface area contributed by atoms with Gasteiger partial charge in [0, 0.05) is 37.2 Å². The zero-order chi connectivity index (χ0) is 16.8. The van der Waals surface area contributed by atoms with E-state index in [1.807, 2.05) is 30.3 Å². The molecule has 0 bridgehead atoms. The number of piperidine rings is 1. The first kappa shape index (κ1) is 16.7. The van der Waals surface area contributed by atoms with Gasteiger partial charge in [0.05, 0.1) is 4.47 Å². The van der Waals surface area contributed by atoms with Gasteiger partial charge < -0.3 is 15.5 Å². The number of benzene rings is 1. The summed E-state index contributed by atoms with van der Waals surface area (Å²) >= 11 is 3.36. The summed E-state index contributed by atoms with van der Waals surface area (Å²) in [5.41, 5.74) is 0.784. The average molecular weight is 390 g/mol. The number of rotatable bonds is 4. The summed E-state index contributed by atoms with van der Waals surface area (Å²) in [6.45, 7) is 1.48. The van der Waals surface area contributed by atoms with Crippen molar-refractivity contribution in [3.63, 3.8) is 0 Å². The van der Waals surface area contributed by atoms with Crippen molar-refractivity contribution < 1.29 is 4.79 Å². The molecule has 1 aromatic carbocycles. The highest BCUT2D eigenvalue weighted by Crippen LogP contribution is 2.21. The highest BCUT2D eigenvalue weighted by molar-refractivity contribution is 9.10. The van der Waals surface area contributed by atoms with E-state index in [1.165, 1.54) is 0 Å². The summed E-state index contributed by atoms with van der Waals surface area (Å²) < 4.78 is 0.861. The van der Waals surface area contributed by atoms with Crippen LogP contribution in [0.3, 0.4) is 0 Å². The molecule has 0 aliphatic carbocycles. The third-order valence-electron chi connectivity index (χ3n) is 4.02. The number of hydrogen-bond acceptors (Lipinski definition) is 4. The van der Waals surface area contributed by atoms with Crippen molar-refractivity contribution in [3.8, 4) is 0 Å². The SMILES string of the molecule is O=C(NCC1CCCCN1c1ncc(Br)cn1)Nc1ccccc1. The smallest absolute Gasteiger partial charge is 0.319 e. The molecule has 1 saturated heterocycles. The van der Waals surface area contributed by atoms with Crippen LogP contribution < -0.4 is 15.5 Å². The fraction of sp³-hybridized carbons (Fsp3) is 0.353. The van der Waals surface area contributed by atoms with E-state index in [2.05, 4.69) is 41.4 Å². The molecule has 2 aromatic rings. The zero-order valence-corrected chi connectivity index (χ0v) is 14.9. The Bertz CT molecular complexity index is 664. The lowest BCUT2D eigenvalue weighted by molar-refractivity contribution is 0.250. The Morgan fingerprint density at radius 2 is 1.96 bits per heavy atom. The van der Waals surface area contributed by atoms with Crippen molar-refractivity contribution in [2.24, 2.45) is 0 Å². The average Bonchev–Trinajstić information content (AvgIpc) is 2.62. The minimum Gasteiger partial charge on any atom is -0.336 e. The largest absolute Gasteiger partial charge is 0.336 e. The molecule has 2 N–H and O–H groups in total. The number of amides is 2. The topological polar surface area (TPSA) is 70.2 Å². The molecule has 1 fully saturated rings. The Kier molecular flexibility index (Phi) is 5.63. The normalized spacial score (nSPS) is 17.4. The molecule has 7 heteroatoms. The maximum Gasteiger partial charge on any atom is 0.319 e. The van der Waals surface area contributed by atoms with Gasteiger partial charge in [-0.2, -0.15) is 0 Å². The van der Waals surface area contributed by atoms with Crippen LogP contribution in [-0.4, -0.2) is 35.1 Å². The van der Waals surface area contributed by atoms with Gasteiger partial charge in [-0.15, -0.1) is 0 Å². The summed E-state index contributed by atoms with van der Waals surface area (Å²) in [7, 11) is 0. The maximum atomic E-state index is 12.1. The van der Waals surface area contributed by atoms with Gasteiger partial charge in [0.2, 0.25) is 5.95 Å².